The van der Waals surface area contributed by atoms with Crippen molar-refractivity contribution in [3.8, 4) is 0 Å². The highest BCUT2D eigenvalue weighted by atomic mass is 79.9. The molecule has 1 unspecified atom stereocenters. The van der Waals surface area contributed by atoms with E-state index in [4.69, 9.17) is 0 Å². The van der Waals surface area contributed by atoms with Gasteiger partial charge in [-0.15, -0.1) is 0 Å². The minimum Gasteiger partial charge on any atom is -0.465 e. The summed E-state index contributed by atoms with van der Waals surface area (Å²) in [6.45, 7) is 1.73. The van der Waals surface area contributed by atoms with E-state index < -0.39 is 5.97 Å². The zero-order valence-electron chi connectivity index (χ0n) is 9.50. The lowest BCUT2D eigenvalue weighted by molar-refractivity contribution is 0.0597. The van der Waals surface area contributed by atoms with Crippen LogP contribution in [0.15, 0.2) is 18.2 Å². The molecule has 0 aliphatic carbocycles. The first-order chi connectivity index (χ1) is 8.01. The average Bonchev–Trinajstić information content (AvgIpc) is 2.35. The number of rotatable bonds is 4. The molecule has 1 aromatic carbocycles. The maximum Gasteiger partial charge on any atom is 0.338 e. The van der Waals surface area contributed by atoms with E-state index >= 15 is 0 Å². The first kappa shape index (κ1) is 14.4. The molecule has 0 bridgehead atoms. The number of ketones is 1. The number of halogens is 2. The molecule has 1 rings (SSSR count). The fourth-order valence-electron chi connectivity index (χ4n) is 1.38. The van der Waals surface area contributed by atoms with Crippen LogP contribution in [0.1, 0.15) is 33.2 Å². The van der Waals surface area contributed by atoms with Crippen molar-refractivity contribution in [2.24, 2.45) is 0 Å². The van der Waals surface area contributed by atoms with Gasteiger partial charge in [0.05, 0.1) is 17.5 Å². The topological polar surface area (TPSA) is 43.4 Å². The molecule has 0 aromatic heterocycles. The van der Waals surface area contributed by atoms with E-state index in [0.29, 0.717) is 16.5 Å². The summed E-state index contributed by atoms with van der Waals surface area (Å²) in [6.07, 6.45) is 0. The number of Topliss-reactive ketones (excluding diaryl/α,β-unsaturated/α-hetero) is 1. The number of alkyl halides is 2. The summed E-state index contributed by atoms with van der Waals surface area (Å²) in [6, 6.07) is 5.11. The Morgan fingerprint density at radius 1 is 1.35 bits per heavy atom. The largest absolute Gasteiger partial charge is 0.465 e. The second kappa shape index (κ2) is 6.31. The van der Waals surface area contributed by atoms with Crippen molar-refractivity contribution in [1.82, 2.24) is 0 Å². The third-order valence-electron chi connectivity index (χ3n) is 2.27. The summed E-state index contributed by atoms with van der Waals surface area (Å²) >= 11 is 6.53. The maximum atomic E-state index is 12.0. The van der Waals surface area contributed by atoms with E-state index in [1.165, 1.54) is 7.11 Å². The van der Waals surface area contributed by atoms with Crippen LogP contribution in [0.3, 0.4) is 0 Å². The second-order valence-electron chi connectivity index (χ2n) is 3.49. The normalized spacial score (nSPS) is 12.0. The molecular formula is C12H12Br2O3. The zero-order valence-corrected chi connectivity index (χ0v) is 12.7. The maximum absolute atomic E-state index is 12.0. The molecule has 0 radical (unpaired) electrons. The van der Waals surface area contributed by atoms with Crippen molar-refractivity contribution in [2.45, 2.75) is 17.1 Å². The van der Waals surface area contributed by atoms with Crippen LogP contribution in [0.5, 0.6) is 0 Å². The SMILES string of the molecule is COC(=O)c1ccc(CBr)cc1C(=O)C(C)Br. The van der Waals surface area contributed by atoms with Gasteiger partial charge in [-0.25, -0.2) is 4.79 Å². The summed E-state index contributed by atoms with van der Waals surface area (Å²) < 4.78 is 4.66. The lowest BCUT2D eigenvalue weighted by Crippen LogP contribution is -2.16. The summed E-state index contributed by atoms with van der Waals surface area (Å²) in [4.78, 5) is 23.2. The molecule has 0 saturated heterocycles. The Morgan fingerprint density at radius 2 is 2.00 bits per heavy atom. The Labute approximate surface area is 117 Å². The number of benzene rings is 1. The molecular weight excluding hydrogens is 352 g/mol. The Kier molecular flexibility index (Phi) is 5.33. The van der Waals surface area contributed by atoms with E-state index in [-0.39, 0.29) is 10.6 Å². The van der Waals surface area contributed by atoms with Crippen LogP contribution in [-0.2, 0) is 10.1 Å². The molecule has 3 nitrogen and oxygen atoms in total. The standard InChI is InChI=1S/C12H12Br2O3/c1-7(14)11(15)10-5-8(6-13)3-4-9(10)12(16)17-2/h3-5,7H,6H2,1-2H3. The van der Waals surface area contributed by atoms with Crippen LogP contribution in [0.25, 0.3) is 0 Å². The van der Waals surface area contributed by atoms with Gasteiger partial charge in [0.1, 0.15) is 0 Å². The summed E-state index contributed by atoms with van der Waals surface area (Å²) in [5, 5.41) is 0.630. The molecule has 0 N–H and O–H groups in total. The van der Waals surface area contributed by atoms with Gasteiger partial charge in [0, 0.05) is 10.9 Å². The van der Waals surface area contributed by atoms with Gasteiger partial charge in [-0.2, -0.15) is 0 Å². The molecule has 1 aromatic rings. The Balaban J connectivity index is 3.30. The molecule has 0 aliphatic heterocycles. The molecule has 17 heavy (non-hydrogen) atoms. The van der Waals surface area contributed by atoms with Gasteiger partial charge >= 0.3 is 5.97 Å². The van der Waals surface area contributed by atoms with Crippen LogP contribution in [0.2, 0.25) is 0 Å². The highest BCUT2D eigenvalue weighted by Crippen LogP contribution is 2.19. The summed E-state index contributed by atoms with van der Waals surface area (Å²) in [7, 11) is 1.30. The molecule has 0 aliphatic rings. The van der Waals surface area contributed by atoms with E-state index in [1.54, 1.807) is 25.1 Å². The Hall–Kier alpha value is -0.680. The molecule has 0 fully saturated rings. The molecule has 0 amide bonds. The lowest BCUT2D eigenvalue weighted by Gasteiger charge is -2.10. The predicted octanol–water partition coefficient (Wildman–Crippen LogP) is 3.33. The van der Waals surface area contributed by atoms with E-state index in [2.05, 4.69) is 36.6 Å². The zero-order chi connectivity index (χ0) is 13.0. The lowest BCUT2D eigenvalue weighted by atomic mass is 9.99. The smallest absolute Gasteiger partial charge is 0.338 e. The minimum absolute atomic E-state index is 0.131. The first-order valence-corrected chi connectivity index (χ1v) is 7.00. The van der Waals surface area contributed by atoms with Gasteiger partial charge in [0.25, 0.3) is 0 Å². The van der Waals surface area contributed by atoms with E-state index in [1.807, 2.05) is 0 Å². The number of carbonyl (C=O) groups excluding carboxylic acids is 2. The summed E-state index contributed by atoms with van der Waals surface area (Å²) in [5.74, 6) is -0.629. The van der Waals surface area contributed by atoms with Crippen LogP contribution in [0, 0.1) is 0 Å². The number of esters is 1. The molecule has 5 heteroatoms. The molecule has 1 atom stereocenters. The third kappa shape index (κ3) is 3.39. The minimum atomic E-state index is -0.498. The quantitative estimate of drug-likeness (QED) is 0.468. The fourth-order valence-corrected chi connectivity index (χ4v) is 1.98. The highest BCUT2D eigenvalue weighted by Gasteiger charge is 2.20. The second-order valence-corrected chi connectivity index (χ2v) is 5.42. The molecule has 0 heterocycles. The van der Waals surface area contributed by atoms with E-state index in [0.717, 1.165) is 5.56 Å². The van der Waals surface area contributed by atoms with Crippen LogP contribution in [-0.4, -0.2) is 23.7 Å². The van der Waals surface area contributed by atoms with Gasteiger partial charge in [-0.3, -0.25) is 4.79 Å². The molecule has 0 saturated carbocycles. The number of hydrogen-bond acceptors (Lipinski definition) is 3. The van der Waals surface area contributed by atoms with Gasteiger partial charge in [-0.1, -0.05) is 37.9 Å². The van der Waals surface area contributed by atoms with Crippen molar-refractivity contribution in [3.63, 3.8) is 0 Å². The number of ether oxygens (including phenoxy) is 1. The number of methoxy groups -OCH3 is 1. The molecule has 0 spiro atoms. The predicted molar refractivity (Wildman–Crippen MR) is 73.1 cm³/mol. The average molecular weight is 364 g/mol. The Bertz CT molecular complexity index is 441. The van der Waals surface area contributed by atoms with Gasteiger partial charge in [-0.05, 0) is 24.6 Å². The number of hydrogen-bond donors (Lipinski definition) is 0. The monoisotopic (exact) mass is 362 g/mol. The fraction of sp³-hybridized carbons (Fsp3) is 0.333. The van der Waals surface area contributed by atoms with Crippen LogP contribution in [0.4, 0.5) is 0 Å². The summed E-state index contributed by atoms with van der Waals surface area (Å²) in [5.41, 5.74) is 1.63. The van der Waals surface area contributed by atoms with Crippen molar-refractivity contribution >= 4 is 43.6 Å². The van der Waals surface area contributed by atoms with Crippen molar-refractivity contribution in [2.75, 3.05) is 7.11 Å². The van der Waals surface area contributed by atoms with Crippen LogP contribution < -0.4 is 0 Å². The number of carbonyl (C=O) groups is 2. The van der Waals surface area contributed by atoms with Crippen LogP contribution >= 0.6 is 31.9 Å². The molecule has 92 valence electrons. The Morgan fingerprint density at radius 3 is 2.47 bits per heavy atom. The first-order valence-electron chi connectivity index (χ1n) is 4.96. The van der Waals surface area contributed by atoms with Crippen molar-refractivity contribution in [3.05, 3.63) is 34.9 Å². The highest BCUT2D eigenvalue weighted by molar-refractivity contribution is 9.10. The third-order valence-corrected chi connectivity index (χ3v) is 3.33. The van der Waals surface area contributed by atoms with Gasteiger partial charge in [0.2, 0.25) is 0 Å². The van der Waals surface area contributed by atoms with Gasteiger partial charge < -0.3 is 4.74 Å². The van der Waals surface area contributed by atoms with E-state index in [9.17, 15) is 9.59 Å². The van der Waals surface area contributed by atoms with Gasteiger partial charge in [0.15, 0.2) is 5.78 Å². The van der Waals surface area contributed by atoms with Crippen molar-refractivity contribution < 1.29 is 14.3 Å². The van der Waals surface area contributed by atoms with Crippen molar-refractivity contribution in [1.29, 1.82) is 0 Å².